The van der Waals surface area contributed by atoms with Crippen LogP contribution in [0.4, 0.5) is 13.2 Å². The van der Waals surface area contributed by atoms with Crippen molar-refractivity contribution in [3.8, 4) is 0 Å². The van der Waals surface area contributed by atoms with Crippen LogP contribution in [-0.2, 0) is 10.9 Å². The topological polar surface area (TPSA) is 12.5 Å². The zero-order chi connectivity index (χ0) is 15.6. The van der Waals surface area contributed by atoms with Gasteiger partial charge in [0.05, 0.1) is 18.8 Å². The monoisotopic (exact) mass is 313 g/mol. The molecule has 5 heteroatoms. The molecule has 1 aliphatic heterocycles. The van der Waals surface area contributed by atoms with Gasteiger partial charge in [-0.05, 0) is 24.5 Å². The Kier molecular flexibility index (Phi) is 4.73. The van der Waals surface area contributed by atoms with E-state index in [-0.39, 0.29) is 12.0 Å². The van der Waals surface area contributed by atoms with Gasteiger partial charge in [-0.15, -0.1) is 0 Å². The van der Waals surface area contributed by atoms with E-state index < -0.39 is 11.7 Å². The SMILES string of the molecule is FC(F)(F)c1ccccc1[C@H]1CCCC[C@@H]1N1CCOCC1. The van der Waals surface area contributed by atoms with Crippen LogP contribution in [0.2, 0.25) is 0 Å². The predicted molar refractivity (Wildman–Crippen MR) is 78.8 cm³/mol. The van der Waals surface area contributed by atoms with Gasteiger partial charge in [-0.1, -0.05) is 31.0 Å². The van der Waals surface area contributed by atoms with E-state index in [2.05, 4.69) is 4.90 Å². The van der Waals surface area contributed by atoms with Crippen LogP contribution in [0.5, 0.6) is 0 Å². The number of benzene rings is 1. The summed E-state index contributed by atoms with van der Waals surface area (Å²) in [5, 5.41) is 0. The Morgan fingerprint density at radius 3 is 2.41 bits per heavy atom. The number of halogens is 3. The van der Waals surface area contributed by atoms with Gasteiger partial charge in [0, 0.05) is 25.0 Å². The molecule has 0 unspecified atom stereocenters. The number of rotatable bonds is 2. The molecule has 0 bridgehead atoms. The summed E-state index contributed by atoms with van der Waals surface area (Å²) in [7, 11) is 0. The smallest absolute Gasteiger partial charge is 0.379 e. The van der Waals surface area contributed by atoms with Crippen LogP contribution in [-0.4, -0.2) is 37.2 Å². The van der Waals surface area contributed by atoms with Crippen LogP contribution in [0.15, 0.2) is 24.3 Å². The van der Waals surface area contributed by atoms with E-state index >= 15 is 0 Å². The summed E-state index contributed by atoms with van der Waals surface area (Å²) in [5.74, 6) is -0.0234. The average Bonchev–Trinajstić information content (AvgIpc) is 2.55. The van der Waals surface area contributed by atoms with Gasteiger partial charge >= 0.3 is 6.18 Å². The highest BCUT2D eigenvalue weighted by molar-refractivity contribution is 5.34. The molecule has 2 nitrogen and oxygen atoms in total. The third-order valence-electron chi connectivity index (χ3n) is 4.91. The quantitative estimate of drug-likeness (QED) is 0.816. The van der Waals surface area contributed by atoms with Crippen LogP contribution >= 0.6 is 0 Å². The Balaban J connectivity index is 1.90. The van der Waals surface area contributed by atoms with E-state index in [1.807, 2.05) is 0 Å². The predicted octanol–water partition coefficient (Wildman–Crippen LogP) is 4.06. The summed E-state index contributed by atoms with van der Waals surface area (Å²) in [5.41, 5.74) is 0.0198. The molecule has 1 aromatic carbocycles. The van der Waals surface area contributed by atoms with Crippen LogP contribution in [0.1, 0.15) is 42.7 Å². The van der Waals surface area contributed by atoms with Crippen molar-refractivity contribution in [1.29, 1.82) is 0 Å². The van der Waals surface area contributed by atoms with Gasteiger partial charge in [0.25, 0.3) is 0 Å². The molecular weight excluding hydrogens is 291 g/mol. The minimum atomic E-state index is -4.27. The minimum Gasteiger partial charge on any atom is -0.379 e. The molecule has 2 fully saturated rings. The highest BCUT2D eigenvalue weighted by Gasteiger charge is 2.39. The second kappa shape index (κ2) is 6.59. The maximum absolute atomic E-state index is 13.3. The molecule has 1 aliphatic carbocycles. The number of hydrogen-bond donors (Lipinski definition) is 0. The van der Waals surface area contributed by atoms with Crippen molar-refractivity contribution in [2.24, 2.45) is 0 Å². The molecule has 1 heterocycles. The summed E-state index contributed by atoms with van der Waals surface area (Å²) >= 11 is 0. The van der Waals surface area contributed by atoms with Gasteiger partial charge < -0.3 is 4.74 Å². The second-order valence-electron chi connectivity index (χ2n) is 6.19. The van der Waals surface area contributed by atoms with Gasteiger partial charge in [-0.2, -0.15) is 13.2 Å². The highest BCUT2D eigenvalue weighted by atomic mass is 19.4. The Hall–Kier alpha value is -1.07. The van der Waals surface area contributed by atoms with Crippen LogP contribution in [0, 0.1) is 0 Å². The largest absolute Gasteiger partial charge is 0.416 e. The highest BCUT2D eigenvalue weighted by Crippen LogP contribution is 2.42. The second-order valence-corrected chi connectivity index (χ2v) is 6.19. The fourth-order valence-corrected chi connectivity index (χ4v) is 3.90. The number of nitrogens with zero attached hydrogens (tertiary/aromatic N) is 1. The van der Waals surface area contributed by atoms with Crippen molar-refractivity contribution in [3.63, 3.8) is 0 Å². The summed E-state index contributed by atoms with van der Waals surface area (Å²) in [4.78, 5) is 2.33. The van der Waals surface area contributed by atoms with E-state index in [9.17, 15) is 13.2 Å². The molecule has 3 rings (SSSR count). The molecule has 1 aromatic rings. The third kappa shape index (κ3) is 3.30. The Morgan fingerprint density at radius 2 is 1.68 bits per heavy atom. The lowest BCUT2D eigenvalue weighted by molar-refractivity contribution is -0.138. The molecular formula is C17H22F3NO. The third-order valence-corrected chi connectivity index (χ3v) is 4.91. The van der Waals surface area contributed by atoms with E-state index in [4.69, 9.17) is 4.74 Å². The molecule has 2 aliphatic rings. The number of ether oxygens (including phenoxy) is 1. The first kappa shape index (κ1) is 15.8. The van der Waals surface area contributed by atoms with E-state index in [1.54, 1.807) is 12.1 Å². The zero-order valence-electron chi connectivity index (χ0n) is 12.6. The van der Waals surface area contributed by atoms with E-state index in [1.165, 1.54) is 12.1 Å². The fraction of sp³-hybridized carbons (Fsp3) is 0.647. The molecule has 0 aromatic heterocycles. The van der Waals surface area contributed by atoms with Crippen molar-refractivity contribution < 1.29 is 17.9 Å². The molecule has 0 radical (unpaired) electrons. The summed E-state index contributed by atoms with van der Waals surface area (Å²) in [6.07, 6.45) is -0.333. The van der Waals surface area contributed by atoms with Gasteiger partial charge in [0.2, 0.25) is 0 Å². The Morgan fingerprint density at radius 1 is 1.00 bits per heavy atom. The maximum atomic E-state index is 13.3. The molecule has 0 spiro atoms. The van der Waals surface area contributed by atoms with Crippen molar-refractivity contribution in [1.82, 2.24) is 4.90 Å². The van der Waals surface area contributed by atoms with Crippen LogP contribution < -0.4 is 0 Å². The molecule has 2 atom stereocenters. The first-order valence-corrected chi connectivity index (χ1v) is 8.05. The Bertz CT molecular complexity index is 497. The van der Waals surface area contributed by atoms with Gasteiger partial charge in [0.1, 0.15) is 0 Å². The summed E-state index contributed by atoms with van der Waals surface area (Å²) in [6, 6.07) is 6.32. The molecule has 1 saturated carbocycles. The average molecular weight is 313 g/mol. The number of alkyl halides is 3. The molecule has 0 amide bonds. The van der Waals surface area contributed by atoms with Gasteiger partial charge in [-0.3, -0.25) is 4.90 Å². The molecule has 122 valence electrons. The number of hydrogen-bond acceptors (Lipinski definition) is 2. The molecule has 0 N–H and O–H groups in total. The van der Waals surface area contributed by atoms with E-state index in [0.29, 0.717) is 18.8 Å². The number of morpholine rings is 1. The van der Waals surface area contributed by atoms with E-state index in [0.717, 1.165) is 38.8 Å². The lowest BCUT2D eigenvalue weighted by atomic mass is 9.77. The lowest BCUT2D eigenvalue weighted by Gasteiger charge is -2.42. The lowest BCUT2D eigenvalue weighted by Crippen LogP contribution is -2.47. The zero-order valence-corrected chi connectivity index (χ0v) is 12.6. The van der Waals surface area contributed by atoms with Crippen molar-refractivity contribution in [3.05, 3.63) is 35.4 Å². The van der Waals surface area contributed by atoms with Crippen molar-refractivity contribution in [2.75, 3.05) is 26.3 Å². The van der Waals surface area contributed by atoms with Gasteiger partial charge in [-0.25, -0.2) is 0 Å². The first-order chi connectivity index (χ1) is 10.6. The normalized spacial score (nSPS) is 27.8. The minimum absolute atomic E-state index is 0.0234. The van der Waals surface area contributed by atoms with Gasteiger partial charge in [0.15, 0.2) is 0 Å². The molecule has 1 saturated heterocycles. The standard InChI is InChI=1S/C17H22F3NO/c18-17(19,20)15-7-3-1-5-13(15)14-6-2-4-8-16(14)21-9-11-22-12-10-21/h1,3,5,7,14,16H,2,4,6,8-12H2/t14-,16+/m1/s1. The van der Waals surface area contributed by atoms with Crippen molar-refractivity contribution >= 4 is 0 Å². The first-order valence-electron chi connectivity index (χ1n) is 8.05. The van der Waals surface area contributed by atoms with Crippen LogP contribution in [0.3, 0.4) is 0 Å². The summed E-state index contributed by atoms with van der Waals surface area (Å²) < 4.78 is 45.4. The molecule has 22 heavy (non-hydrogen) atoms. The van der Waals surface area contributed by atoms with Crippen LogP contribution in [0.25, 0.3) is 0 Å². The Labute approximate surface area is 129 Å². The van der Waals surface area contributed by atoms with Crippen molar-refractivity contribution in [2.45, 2.75) is 43.8 Å². The fourth-order valence-electron chi connectivity index (χ4n) is 3.90. The summed E-state index contributed by atoms with van der Waals surface area (Å²) in [6.45, 7) is 3.03. The maximum Gasteiger partial charge on any atom is 0.416 e.